The fourth-order valence-corrected chi connectivity index (χ4v) is 2.97. The molecule has 1 aliphatic rings. The Balaban J connectivity index is 2.10. The van der Waals surface area contributed by atoms with E-state index < -0.39 is 10.8 Å². The molecule has 0 unspecified atom stereocenters. The number of hydrogen-bond acceptors (Lipinski definition) is 2. The lowest BCUT2D eigenvalue weighted by atomic mass is 9.73. The molecule has 0 saturated heterocycles. The van der Waals surface area contributed by atoms with E-state index >= 15 is 0 Å². The van der Waals surface area contributed by atoms with Crippen LogP contribution in [-0.4, -0.2) is 34.8 Å². The largest absolute Gasteiger partial charge is 0.338 e. The van der Waals surface area contributed by atoms with Crippen LogP contribution in [0.2, 0.25) is 0 Å². The monoisotopic (exact) mass is 302 g/mol. The van der Waals surface area contributed by atoms with Crippen LogP contribution in [-0.2, 0) is 10.8 Å². The van der Waals surface area contributed by atoms with Crippen LogP contribution in [0.4, 0.5) is 4.79 Å². The van der Waals surface area contributed by atoms with Crippen LogP contribution < -0.4 is 10.6 Å². The lowest BCUT2D eigenvalue weighted by Crippen LogP contribution is -2.40. The second-order valence-electron chi connectivity index (χ2n) is 6.84. The molecule has 1 fully saturated rings. The molecule has 5 heteroatoms. The van der Waals surface area contributed by atoms with Gasteiger partial charge in [-0.05, 0) is 43.4 Å². The molecule has 118 valence electrons. The molecule has 2 N–H and O–H groups in total. The molecule has 0 aromatic heterocycles. The normalized spacial score (nSPS) is 22.0. The smallest absolute Gasteiger partial charge is 0.314 e. The van der Waals surface area contributed by atoms with E-state index in [1.54, 1.807) is 6.26 Å². The maximum Gasteiger partial charge on any atom is 0.314 e. The third kappa shape index (κ3) is 6.73. The van der Waals surface area contributed by atoms with Crippen molar-refractivity contribution in [2.75, 3.05) is 19.3 Å². The number of hydrogen-bond donors (Lipinski definition) is 2. The zero-order chi connectivity index (χ0) is 15.2. The predicted molar refractivity (Wildman–Crippen MR) is 85.3 cm³/mol. The summed E-state index contributed by atoms with van der Waals surface area (Å²) in [5.41, 5.74) is 0.477. The Bertz CT molecular complexity index is 335. The third-order valence-corrected chi connectivity index (χ3v) is 5.78. The van der Waals surface area contributed by atoms with Crippen molar-refractivity contribution in [1.82, 2.24) is 10.6 Å². The highest BCUT2D eigenvalue weighted by Gasteiger charge is 2.26. The maximum absolute atomic E-state index is 11.7. The van der Waals surface area contributed by atoms with Crippen molar-refractivity contribution in [2.45, 2.75) is 58.1 Å². The van der Waals surface area contributed by atoms with E-state index in [0.29, 0.717) is 17.9 Å². The first-order valence-electron chi connectivity index (χ1n) is 7.64. The molecule has 1 rings (SSSR count). The highest BCUT2D eigenvalue weighted by molar-refractivity contribution is 7.84. The van der Waals surface area contributed by atoms with Crippen molar-refractivity contribution in [3.05, 3.63) is 0 Å². The summed E-state index contributed by atoms with van der Waals surface area (Å²) in [6, 6.07) is -0.0936. The third-order valence-electron chi connectivity index (χ3n) is 4.41. The molecule has 0 bridgehead atoms. The Morgan fingerprint density at radius 2 is 1.90 bits per heavy atom. The summed E-state index contributed by atoms with van der Waals surface area (Å²) in [5.74, 6) is 0.621. The minimum atomic E-state index is -0.812. The van der Waals surface area contributed by atoms with Gasteiger partial charge in [-0.1, -0.05) is 20.8 Å². The van der Waals surface area contributed by atoms with Crippen molar-refractivity contribution in [2.24, 2.45) is 11.3 Å². The van der Waals surface area contributed by atoms with Gasteiger partial charge in [0, 0.05) is 35.4 Å². The van der Waals surface area contributed by atoms with Crippen LogP contribution in [0.15, 0.2) is 0 Å². The van der Waals surface area contributed by atoms with Crippen molar-refractivity contribution >= 4 is 16.8 Å². The number of amides is 2. The van der Waals surface area contributed by atoms with Crippen molar-refractivity contribution in [3.63, 3.8) is 0 Å². The van der Waals surface area contributed by atoms with E-state index in [4.69, 9.17) is 0 Å². The fraction of sp³-hybridized carbons (Fsp3) is 0.933. The van der Waals surface area contributed by atoms with Gasteiger partial charge in [-0.25, -0.2) is 4.79 Å². The molecular weight excluding hydrogens is 272 g/mol. The van der Waals surface area contributed by atoms with Crippen LogP contribution in [0.25, 0.3) is 0 Å². The lowest BCUT2D eigenvalue weighted by Gasteiger charge is -2.34. The number of urea groups is 1. The molecule has 4 nitrogen and oxygen atoms in total. The summed E-state index contributed by atoms with van der Waals surface area (Å²) in [4.78, 5) is 11.7. The quantitative estimate of drug-likeness (QED) is 0.792. The zero-order valence-corrected chi connectivity index (χ0v) is 14.1. The van der Waals surface area contributed by atoms with Gasteiger partial charge in [-0.3, -0.25) is 4.21 Å². The van der Waals surface area contributed by atoms with E-state index in [0.717, 1.165) is 13.0 Å². The van der Waals surface area contributed by atoms with Gasteiger partial charge in [0.25, 0.3) is 0 Å². The second kappa shape index (κ2) is 8.01. The first kappa shape index (κ1) is 17.5. The topological polar surface area (TPSA) is 58.2 Å². The Hall–Kier alpha value is -0.580. The second-order valence-corrected chi connectivity index (χ2v) is 8.64. The van der Waals surface area contributed by atoms with E-state index in [-0.39, 0.29) is 11.3 Å². The van der Waals surface area contributed by atoms with Crippen LogP contribution in [0, 0.1) is 11.3 Å². The molecule has 0 aliphatic heterocycles. The first-order valence-corrected chi connectivity index (χ1v) is 9.26. The molecule has 0 spiro atoms. The molecule has 2 amide bonds. The molecule has 20 heavy (non-hydrogen) atoms. The molecule has 0 radical (unpaired) electrons. The predicted octanol–water partition coefficient (Wildman–Crippen LogP) is 2.66. The van der Waals surface area contributed by atoms with Crippen molar-refractivity contribution in [3.8, 4) is 0 Å². The minimum Gasteiger partial charge on any atom is -0.338 e. The van der Waals surface area contributed by atoms with E-state index in [1.165, 1.54) is 25.7 Å². The number of carbonyl (C=O) groups excluding carboxylic acids is 1. The molecule has 0 aromatic carbocycles. The number of nitrogens with one attached hydrogen (secondary N) is 2. The summed E-state index contributed by atoms with van der Waals surface area (Å²) in [6.07, 6.45) is 7.38. The van der Waals surface area contributed by atoms with Crippen molar-refractivity contribution in [1.29, 1.82) is 0 Å². The maximum atomic E-state index is 11.7. The SMILES string of the molecule is C[C@H](CCNC(=O)NCC1CCC(C)(C)CC1)[S@](C)=O. The van der Waals surface area contributed by atoms with Gasteiger partial charge in [0.05, 0.1) is 0 Å². The summed E-state index contributed by atoms with van der Waals surface area (Å²) in [6.45, 7) is 7.95. The van der Waals surface area contributed by atoms with Gasteiger partial charge in [0.15, 0.2) is 0 Å². The minimum absolute atomic E-state index is 0.0936. The van der Waals surface area contributed by atoms with E-state index in [9.17, 15) is 9.00 Å². The highest BCUT2D eigenvalue weighted by Crippen LogP contribution is 2.37. The van der Waals surface area contributed by atoms with E-state index in [1.807, 2.05) is 6.92 Å². The molecule has 0 aromatic rings. The van der Waals surface area contributed by atoms with Gasteiger partial charge in [-0.2, -0.15) is 0 Å². The van der Waals surface area contributed by atoms with Crippen LogP contribution in [0.5, 0.6) is 0 Å². The molecule has 0 heterocycles. The van der Waals surface area contributed by atoms with Gasteiger partial charge in [-0.15, -0.1) is 0 Å². The van der Waals surface area contributed by atoms with Crippen molar-refractivity contribution < 1.29 is 9.00 Å². The zero-order valence-electron chi connectivity index (χ0n) is 13.3. The van der Waals surface area contributed by atoms with Crippen LogP contribution >= 0.6 is 0 Å². The Morgan fingerprint density at radius 3 is 2.45 bits per heavy atom. The Morgan fingerprint density at radius 1 is 1.30 bits per heavy atom. The number of carbonyl (C=O) groups is 1. The Kier molecular flexibility index (Phi) is 7.00. The van der Waals surface area contributed by atoms with Gasteiger partial charge in [0.2, 0.25) is 0 Å². The summed E-state index contributed by atoms with van der Waals surface area (Å²) < 4.78 is 11.2. The van der Waals surface area contributed by atoms with Crippen LogP contribution in [0.3, 0.4) is 0 Å². The van der Waals surface area contributed by atoms with E-state index in [2.05, 4.69) is 24.5 Å². The highest BCUT2D eigenvalue weighted by atomic mass is 32.2. The van der Waals surface area contributed by atoms with Gasteiger partial charge >= 0.3 is 6.03 Å². The summed E-state index contributed by atoms with van der Waals surface area (Å²) in [7, 11) is -0.812. The fourth-order valence-electron chi connectivity index (χ4n) is 2.52. The molecular formula is C15H30N2O2S. The lowest BCUT2D eigenvalue weighted by molar-refractivity contribution is 0.187. The average Bonchev–Trinajstić information content (AvgIpc) is 2.37. The van der Waals surface area contributed by atoms with Gasteiger partial charge in [0.1, 0.15) is 0 Å². The molecule has 1 aliphatic carbocycles. The van der Waals surface area contributed by atoms with Crippen LogP contribution in [0.1, 0.15) is 52.9 Å². The summed E-state index contributed by atoms with van der Waals surface area (Å²) in [5, 5.41) is 5.93. The summed E-state index contributed by atoms with van der Waals surface area (Å²) >= 11 is 0. The average molecular weight is 302 g/mol. The van der Waals surface area contributed by atoms with Gasteiger partial charge < -0.3 is 10.6 Å². The molecule has 1 saturated carbocycles. The first-order chi connectivity index (χ1) is 9.30. The molecule has 2 atom stereocenters. The number of rotatable bonds is 6. The Labute approximate surface area is 125 Å². The standard InChI is InChI=1S/C15H30N2O2S/c1-12(20(4)19)7-10-16-14(18)17-11-13-5-8-15(2,3)9-6-13/h12-13H,5-11H2,1-4H3,(H2,16,17,18)/t12-,20+/m1/s1.